The summed E-state index contributed by atoms with van der Waals surface area (Å²) in [6.07, 6.45) is 0.194. The molecule has 1 amide bonds. The maximum absolute atomic E-state index is 11.7. The lowest BCUT2D eigenvalue weighted by atomic mass is 10.1. The van der Waals surface area contributed by atoms with E-state index in [0.717, 1.165) is 11.1 Å². The highest BCUT2D eigenvalue weighted by Gasteiger charge is 2.06. The number of carboxylic acids is 1. The molecule has 0 aliphatic heterocycles. The minimum absolute atomic E-state index is 0.0270. The number of aliphatic carboxylic acids is 1. The van der Waals surface area contributed by atoms with Crippen LogP contribution in [0.3, 0.4) is 0 Å². The van der Waals surface area contributed by atoms with Crippen molar-refractivity contribution in [2.24, 2.45) is 0 Å². The lowest BCUT2D eigenvalue weighted by Crippen LogP contribution is -2.22. The number of nitrogens with zero attached hydrogens (tertiary/aromatic N) is 1. The predicted molar refractivity (Wildman–Crippen MR) is 86.0 cm³/mol. The van der Waals surface area contributed by atoms with Crippen LogP contribution in [0.2, 0.25) is 0 Å². The number of hydrogen-bond donors (Lipinski definition) is 1. The van der Waals surface area contributed by atoms with Crippen LogP contribution in [0.5, 0.6) is 0 Å². The molecule has 0 aromatic heterocycles. The van der Waals surface area contributed by atoms with Crippen LogP contribution in [0, 0.1) is 10.1 Å². The molecular weight excluding hydrogens is 312 g/mol. The SMILES string of the molecule is O=C([O-])CCCC(=O)Nc1ccc(-c2ccc([N+](=O)[O-])cc2)cc1. The molecule has 0 atom stereocenters. The van der Waals surface area contributed by atoms with Crippen molar-refractivity contribution in [2.75, 3.05) is 5.32 Å². The zero-order valence-electron chi connectivity index (χ0n) is 12.7. The van der Waals surface area contributed by atoms with Gasteiger partial charge in [-0.1, -0.05) is 12.1 Å². The average Bonchev–Trinajstić information content (AvgIpc) is 2.55. The summed E-state index contributed by atoms with van der Waals surface area (Å²) >= 11 is 0. The van der Waals surface area contributed by atoms with Crippen molar-refractivity contribution in [1.82, 2.24) is 0 Å². The molecule has 0 aliphatic rings. The number of anilines is 1. The van der Waals surface area contributed by atoms with Gasteiger partial charge in [-0.2, -0.15) is 0 Å². The van der Waals surface area contributed by atoms with Gasteiger partial charge < -0.3 is 15.2 Å². The number of benzene rings is 2. The number of amides is 1. The smallest absolute Gasteiger partial charge is 0.269 e. The molecule has 0 saturated heterocycles. The summed E-state index contributed by atoms with van der Waals surface area (Å²) in [6, 6.07) is 13.2. The molecule has 0 aliphatic carbocycles. The van der Waals surface area contributed by atoms with Crippen LogP contribution < -0.4 is 10.4 Å². The fraction of sp³-hybridized carbons (Fsp3) is 0.176. The summed E-state index contributed by atoms with van der Waals surface area (Å²) in [4.78, 5) is 32.1. The van der Waals surface area contributed by atoms with Crippen molar-refractivity contribution in [3.63, 3.8) is 0 Å². The zero-order chi connectivity index (χ0) is 17.5. The highest BCUT2D eigenvalue weighted by atomic mass is 16.6. The zero-order valence-corrected chi connectivity index (χ0v) is 12.7. The van der Waals surface area contributed by atoms with E-state index in [0.29, 0.717) is 5.69 Å². The standard InChI is InChI=1S/C17H16N2O5/c20-16(2-1-3-17(21)22)18-14-8-4-12(5-9-14)13-6-10-15(11-7-13)19(23)24/h4-11H,1-3H2,(H,18,20)(H,21,22)/p-1. The van der Waals surface area contributed by atoms with Crippen LogP contribution >= 0.6 is 0 Å². The van der Waals surface area contributed by atoms with Gasteiger partial charge in [0.15, 0.2) is 0 Å². The Balaban J connectivity index is 1.96. The molecule has 1 N–H and O–H groups in total. The number of carbonyl (C=O) groups is 2. The van der Waals surface area contributed by atoms with Gasteiger partial charge in [0.25, 0.3) is 5.69 Å². The monoisotopic (exact) mass is 327 g/mol. The number of rotatable bonds is 7. The van der Waals surface area contributed by atoms with Crippen molar-refractivity contribution >= 4 is 23.3 Å². The van der Waals surface area contributed by atoms with Crippen LogP contribution in [0.25, 0.3) is 11.1 Å². The van der Waals surface area contributed by atoms with Crippen LogP contribution in [0.15, 0.2) is 48.5 Å². The number of non-ortho nitro benzene ring substituents is 1. The minimum atomic E-state index is -1.17. The van der Waals surface area contributed by atoms with E-state index in [4.69, 9.17) is 0 Å². The second-order valence-corrected chi connectivity index (χ2v) is 5.16. The molecule has 2 aromatic carbocycles. The topological polar surface area (TPSA) is 112 Å². The Morgan fingerprint density at radius 2 is 1.46 bits per heavy atom. The number of carbonyl (C=O) groups excluding carboxylic acids is 2. The Morgan fingerprint density at radius 1 is 0.917 bits per heavy atom. The fourth-order valence-corrected chi connectivity index (χ4v) is 2.14. The van der Waals surface area contributed by atoms with E-state index < -0.39 is 10.9 Å². The van der Waals surface area contributed by atoms with Gasteiger partial charge in [-0.05, 0) is 48.2 Å². The molecule has 0 spiro atoms. The summed E-state index contributed by atoms with van der Waals surface area (Å²) < 4.78 is 0. The molecule has 24 heavy (non-hydrogen) atoms. The first-order chi connectivity index (χ1) is 11.5. The van der Waals surface area contributed by atoms with E-state index in [1.807, 2.05) is 0 Å². The first-order valence-corrected chi connectivity index (χ1v) is 7.30. The van der Waals surface area contributed by atoms with Crippen LogP contribution in [-0.4, -0.2) is 16.8 Å². The maximum atomic E-state index is 11.7. The predicted octanol–water partition coefficient (Wildman–Crippen LogP) is 2.12. The fourth-order valence-electron chi connectivity index (χ4n) is 2.14. The van der Waals surface area contributed by atoms with Gasteiger partial charge in [0.1, 0.15) is 0 Å². The Labute approximate surface area is 138 Å². The van der Waals surface area contributed by atoms with E-state index >= 15 is 0 Å². The number of nitro groups is 1. The van der Waals surface area contributed by atoms with E-state index in [9.17, 15) is 24.8 Å². The Morgan fingerprint density at radius 3 is 1.96 bits per heavy atom. The molecule has 7 heteroatoms. The second-order valence-electron chi connectivity index (χ2n) is 5.16. The molecule has 0 bridgehead atoms. The molecule has 2 aromatic rings. The third-order valence-electron chi connectivity index (χ3n) is 3.36. The Kier molecular flexibility index (Phi) is 5.62. The highest BCUT2D eigenvalue weighted by molar-refractivity contribution is 5.91. The number of carboxylic acid groups (broad SMARTS) is 1. The lowest BCUT2D eigenvalue weighted by molar-refractivity contribution is -0.384. The molecule has 7 nitrogen and oxygen atoms in total. The highest BCUT2D eigenvalue weighted by Crippen LogP contribution is 2.24. The van der Waals surface area contributed by atoms with Crippen molar-refractivity contribution in [3.05, 3.63) is 58.6 Å². The molecule has 2 rings (SSSR count). The van der Waals surface area contributed by atoms with Gasteiger partial charge in [-0.3, -0.25) is 14.9 Å². The van der Waals surface area contributed by atoms with Crippen molar-refractivity contribution < 1.29 is 19.6 Å². The largest absolute Gasteiger partial charge is 0.550 e. The third-order valence-corrected chi connectivity index (χ3v) is 3.36. The number of nitrogens with one attached hydrogen (secondary N) is 1. The lowest BCUT2D eigenvalue weighted by Gasteiger charge is -2.07. The van der Waals surface area contributed by atoms with Gasteiger partial charge in [-0.15, -0.1) is 0 Å². The second kappa shape index (κ2) is 7.87. The molecule has 124 valence electrons. The summed E-state index contributed by atoms with van der Waals surface area (Å²) in [5.74, 6) is -1.44. The molecule has 0 heterocycles. The maximum Gasteiger partial charge on any atom is 0.269 e. The third kappa shape index (κ3) is 4.91. The summed E-state index contributed by atoms with van der Waals surface area (Å²) in [7, 11) is 0. The first kappa shape index (κ1) is 17.1. The average molecular weight is 327 g/mol. The van der Waals surface area contributed by atoms with E-state index in [-0.39, 0.29) is 30.9 Å². The van der Waals surface area contributed by atoms with E-state index in [1.54, 1.807) is 36.4 Å². The number of hydrogen-bond acceptors (Lipinski definition) is 5. The molecule has 0 saturated carbocycles. The van der Waals surface area contributed by atoms with E-state index in [1.165, 1.54) is 12.1 Å². The minimum Gasteiger partial charge on any atom is -0.550 e. The summed E-state index contributed by atoms with van der Waals surface area (Å²) in [6.45, 7) is 0. The van der Waals surface area contributed by atoms with Crippen molar-refractivity contribution in [2.45, 2.75) is 19.3 Å². The normalized spacial score (nSPS) is 10.2. The van der Waals surface area contributed by atoms with E-state index in [2.05, 4.69) is 5.32 Å². The van der Waals surface area contributed by atoms with Crippen LogP contribution in [0.1, 0.15) is 19.3 Å². The van der Waals surface area contributed by atoms with Gasteiger partial charge in [0.05, 0.1) is 4.92 Å². The number of nitro benzene ring substituents is 1. The van der Waals surface area contributed by atoms with Gasteiger partial charge in [-0.25, -0.2) is 0 Å². The van der Waals surface area contributed by atoms with Crippen molar-refractivity contribution in [1.29, 1.82) is 0 Å². The quantitative estimate of drug-likeness (QED) is 0.618. The van der Waals surface area contributed by atoms with Gasteiger partial charge >= 0.3 is 0 Å². The molecular formula is C17H15N2O5-. The molecule has 0 unspecified atom stereocenters. The summed E-state index contributed by atoms with van der Waals surface area (Å²) in [5, 5.41) is 23.6. The Bertz CT molecular complexity index is 739. The first-order valence-electron chi connectivity index (χ1n) is 7.30. The van der Waals surface area contributed by atoms with Gasteiger partial charge in [0.2, 0.25) is 5.91 Å². The molecule has 0 fully saturated rings. The van der Waals surface area contributed by atoms with Crippen molar-refractivity contribution in [3.8, 4) is 11.1 Å². The summed E-state index contributed by atoms with van der Waals surface area (Å²) in [5.41, 5.74) is 2.31. The van der Waals surface area contributed by atoms with Gasteiger partial charge in [0, 0.05) is 30.2 Å². The Hall–Kier alpha value is -3.22. The molecule has 0 radical (unpaired) electrons. The van der Waals surface area contributed by atoms with Crippen LogP contribution in [0.4, 0.5) is 11.4 Å². The van der Waals surface area contributed by atoms with Crippen LogP contribution in [-0.2, 0) is 9.59 Å².